The van der Waals surface area contributed by atoms with Gasteiger partial charge < -0.3 is 14.0 Å². The Kier molecular flexibility index (Phi) is 7.90. The van der Waals surface area contributed by atoms with Crippen LogP contribution in [0.15, 0.2) is 113 Å². The molecule has 0 spiro atoms. The second-order valence-corrected chi connectivity index (χ2v) is 9.95. The Morgan fingerprint density at radius 1 is 0.868 bits per heavy atom. The van der Waals surface area contributed by atoms with Gasteiger partial charge in [0, 0.05) is 0 Å². The van der Waals surface area contributed by atoms with Gasteiger partial charge in [0.2, 0.25) is 0 Å². The van der Waals surface area contributed by atoms with Crippen molar-refractivity contribution in [3.63, 3.8) is 0 Å². The standard InChI is InChI=1S/C29H26N2O6S/c1-21-13-16-25(17-14-21)38(34,35)37-26-18-15-22(19-27(26)36-2)20-30-31-28(32)29(33,23-9-5-3-6-10-23)24-11-7-4-8-12-24/h3-20,33H,1-2H3,(H,31,32)/b30-20-. The van der Waals surface area contributed by atoms with E-state index in [0.29, 0.717) is 16.7 Å². The monoisotopic (exact) mass is 530 g/mol. The molecule has 4 rings (SSSR count). The minimum atomic E-state index is -4.07. The molecule has 0 saturated carbocycles. The van der Waals surface area contributed by atoms with E-state index >= 15 is 0 Å². The highest BCUT2D eigenvalue weighted by Crippen LogP contribution is 2.31. The summed E-state index contributed by atoms with van der Waals surface area (Å²) in [5.41, 5.74) is 2.61. The van der Waals surface area contributed by atoms with E-state index in [2.05, 4.69) is 10.5 Å². The van der Waals surface area contributed by atoms with Gasteiger partial charge in [0.1, 0.15) is 4.90 Å². The Labute approximate surface area is 221 Å². The zero-order valence-electron chi connectivity index (χ0n) is 20.7. The van der Waals surface area contributed by atoms with E-state index in [1.807, 2.05) is 6.92 Å². The lowest BCUT2D eigenvalue weighted by Gasteiger charge is -2.27. The maximum atomic E-state index is 13.2. The molecule has 1 amide bonds. The molecule has 0 bridgehead atoms. The largest absolute Gasteiger partial charge is 0.493 e. The predicted octanol–water partition coefficient (Wildman–Crippen LogP) is 4.16. The summed E-state index contributed by atoms with van der Waals surface area (Å²) in [6.45, 7) is 1.85. The van der Waals surface area contributed by atoms with Crippen LogP contribution in [0, 0.1) is 6.92 Å². The number of amides is 1. The van der Waals surface area contributed by atoms with Crippen LogP contribution in [0.4, 0.5) is 0 Å². The van der Waals surface area contributed by atoms with Crippen LogP contribution in [-0.2, 0) is 20.5 Å². The van der Waals surface area contributed by atoms with Gasteiger partial charge in [-0.1, -0.05) is 78.4 Å². The summed E-state index contributed by atoms with van der Waals surface area (Å²) in [5.74, 6) is -0.597. The molecule has 0 unspecified atom stereocenters. The van der Waals surface area contributed by atoms with Crippen molar-refractivity contribution in [1.82, 2.24) is 5.43 Å². The number of aryl methyl sites for hydroxylation is 1. The van der Waals surface area contributed by atoms with Crippen LogP contribution < -0.4 is 14.3 Å². The second kappa shape index (κ2) is 11.3. The van der Waals surface area contributed by atoms with Crippen molar-refractivity contribution >= 4 is 22.2 Å². The zero-order valence-corrected chi connectivity index (χ0v) is 21.6. The van der Waals surface area contributed by atoms with Crippen molar-refractivity contribution in [3.8, 4) is 11.5 Å². The second-order valence-electron chi connectivity index (χ2n) is 8.40. The molecule has 38 heavy (non-hydrogen) atoms. The van der Waals surface area contributed by atoms with Crippen molar-refractivity contribution in [2.24, 2.45) is 5.10 Å². The number of rotatable bonds is 9. The highest BCUT2D eigenvalue weighted by Gasteiger charge is 2.39. The van der Waals surface area contributed by atoms with E-state index in [4.69, 9.17) is 8.92 Å². The van der Waals surface area contributed by atoms with E-state index in [-0.39, 0.29) is 16.4 Å². The molecule has 9 heteroatoms. The van der Waals surface area contributed by atoms with Crippen molar-refractivity contribution < 1.29 is 27.2 Å². The lowest BCUT2D eigenvalue weighted by atomic mass is 9.85. The summed E-state index contributed by atoms with van der Waals surface area (Å²) in [6, 6.07) is 27.9. The number of hydrogen-bond donors (Lipinski definition) is 2. The Bertz CT molecular complexity index is 1500. The number of carbonyl (C=O) groups is 1. The smallest absolute Gasteiger partial charge is 0.339 e. The molecule has 0 aliphatic carbocycles. The summed E-state index contributed by atoms with van der Waals surface area (Å²) in [7, 11) is -2.69. The average molecular weight is 531 g/mol. The fourth-order valence-electron chi connectivity index (χ4n) is 3.74. The molecule has 0 radical (unpaired) electrons. The third-order valence-electron chi connectivity index (χ3n) is 5.79. The Hall–Kier alpha value is -4.47. The molecular weight excluding hydrogens is 504 g/mol. The van der Waals surface area contributed by atoms with Gasteiger partial charge in [-0.3, -0.25) is 4.79 Å². The van der Waals surface area contributed by atoms with Gasteiger partial charge >= 0.3 is 10.1 Å². The first-order valence-corrected chi connectivity index (χ1v) is 13.0. The molecule has 8 nitrogen and oxygen atoms in total. The Balaban J connectivity index is 1.53. The van der Waals surface area contributed by atoms with Gasteiger partial charge in [-0.25, -0.2) is 5.43 Å². The normalized spacial score (nSPS) is 11.8. The SMILES string of the molecule is COc1cc(/C=N\NC(=O)C(O)(c2ccccc2)c2ccccc2)ccc1OS(=O)(=O)c1ccc(C)cc1. The minimum Gasteiger partial charge on any atom is -0.493 e. The van der Waals surface area contributed by atoms with E-state index < -0.39 is 21.6 Å². The van der Waals surface area contributed by atoms with Gasteiger partial charge in [0.25, 0.3) is 5.91 Å². The number of hydrogen-bond acceptors (Lipinski definition) is 7. The van der Waals surface area contributed by atoms with E-state index in [1.54, 1.807) is 78.9 Å². The Morgan fingerprint density at radius 2 is 1.45 bits per heavy atom. The molecule has 4 aromatic carbocycles. The van der Waals surface area contributed by atoms with Crippen LogP contribution in [0.1, 0.15) is 22.3 Å². The third kappa shape index (κ3) is 5.74. The van der Waals surface area contributed by atoms with Crippen LogP contribution in [-0.4, -0.2) is 32.8 Å². The average Bonchev–Trinajstić information content (AvgIpc) is 2.94. The van der Waals surface area contributed by atoms with E-state index in [9.17, 15) is 18.3 Å². The van der Waals surface area contributed by atoms with Gasteiger partial charge in [-0.2, -0.15) is 13.5 Å². The number of ether oxygens (including phenoxy) is 1. The van der Waals surface area contributed by atoms with Crippen molar-refractivity contribution in [3.05, 3.63) is 125 Å². The van der Waals surface area contributed by atoms with Crippen LogP contribution in [0.5, 0.6) is 11.5 Å². The van der Waals surface area contributed by atoms with Gasteiger partial charge in [-0.15, -0.1) is 0 Å². The Morgan fingerprint density at radius 3 is 2.00 bits per heavy atom. The first kappa shape index (κ1) is 26.6. The molecule has 0 aromatic heterocycles. The lowest BCUT2D eigenvalue weighted by molar-refractivity contribution is -0.136. The fourth-order valence-corrected chi connectivity index (χ4v) is 4.68. The number of methoxy groups -OCH3 is 1. The maximum absolute atomic E-state index is 13.2. The van der Waals surface area contributed by atoms with Crippen LogP contribution in [0.2, 0.25) is 0 Å². The van der Waals surface area contributed by atoms with Crippen molar-refractivity contribution in [1.29, 1.82) is 0 Å². The van der Waals surface area contributed by atoms with Crippen LogP contribution >= 0.6 is 0 Å². The quantitative estimate of drug-likeness (QED) is 0.191. The van der Waals surface area contributed by atoms with E-state index in [1.165, 1.54) is 37.6 Å². The molecular formula is C29H26N2O6S. The van der Waals surface area contributed by atoms with Gasteiger partial charge in [0.05, 0.1) is 13.3 Å². The van der Waals surface area contributed by atoms with Crippen LogP contribution in [0.3, 0.4) is 0 Å². The topological polar surface area (TPSA) is 114 Å². The summed E-state index contributed by atoms with van der Waals surface area (Å²) < 4.78 is 35.9. The van der Waals surface area contributed by atoms with Crippen molar-refractivity contribution in [2.45, 2.75) is 17.4 Å². The summed E-state index contributed by atoms with van der Waals surface area (Å²) in [5, 5.41) is 15.5. The molecule has 0 aliphatic heterocycles. The maximum Gasteiger partial charge on any atom is 0.339 e. The third-order valence-corrected chi connectivity index (χ3v) is 7.04. The number of nitrogens with zero attached hydrogens (tertiary/aromatic N) is 1. The van der Waals surface area contributed by atoms with Gasteiger partial charge in [-0.05, 0) is 53.9 Å². The molecule has 0 fully saturated rings. The molecule has 194 valence electrons. The highest BCUT2D eigenvalue weighted by atomic mass is 32.2. The molecule has 0 saturated heterocycles. The first-order valence-electron chi connectivity index (χ1n) is 11.6. The zero-order chi connectivity index (χ0) is 27.2. The van der Waals surface area contributed by atoms with Crippen LogP contribution in [0.25, 0.3) is 0 Å². The van der Waals surface area contributed by atoms with E-state index in [0.717, 1.165) is 5.56 Å². The first-order chi connectivity index (χ1) is 18.2. The minimum absolute atomic E-state index is 0.00297. The fraction of sp³-hybridized carbons (Fsp3) is 0.103. The highest BCUT2D eigenvalue weighted by molar-refractivity contribution is 7.87. The van der Waals surface area contributed by atoms with Crippen molar-refractivity contribution in [2.75, 3.05) is 7.11 Å². The molecule has 2 N–H and O–H groups in total. The van der Waals surface area contributed by atoms with Gasteiger partial charge in [0.15, 0.2) is 17.1 Å². The summed E-state index contributed by atoms with van der Waals surface area (Å²) in [6.07, 6.45) is 1.34. The summed E-state index contributed by atoms with van der Waals surface area (Å²) in [4.78, 5) is 13.2. The lowest BCUT2D eigenvalue weighted by Crippen LogP contribution is -2.43. The molecule has 0 heterocycles. The number of hydrazone groups is 1. The molecule has 0 aliphatic rings. The summed E-state index contributed by atoms with van der Waals surface area (Å²) >= 11 is 0. The number of carbonyl (C=O) groups excluding carboxylic acids is 1. The molecule has 4 aromatic rings. The number of benzene rings is 4. The number of nitrogens with one attached hydrogen (secondary N) is 1. The molecule has 0 atom stereocenters. The number of aliphatic hydroxyl groups is 1. The predicted molar refractivity (Wildman–Crippen MR) is 144 cm³/mol.